The average molecular weight is 280 g/mol. The minimum Gasteiger partial charge on any atom is -0.467 e. The zero-order valence-corrected chi connectivity index (χ0v) is 11.2. The summed E-state index contributed by atoms with van der Waals surface area (Å²) in [7, 11) is 0. The Morgan fingerprint density at radius 1 is 1.24 bits per heavy atom. The highest BCUT2D eigenvalue weighted by Crippen LogP contribution is 2.28. The van der Waals surface area contributed by atoms with E-state index in [-0.39, 0.29) is 5.82 Å². The Morgan fingerprint density at radius 3 is 2.76 bits per heavy atom. The van der Waals surface area contributed by atoms with E-state index in [0.29, 0.717) is 17.8 Å². The quantitative estimate of drug-likeness (QED) is 0.498. The number of rotatable bonds is 3. The molecular formula is C15H14N5O+. The zero-order chi connectivity index (χ0) is 14.8. The minimum absolute atomic E-state index is 0.221. The van der Waals surface area contributed by atoms with E-state index in [1.54, 1.807) is 6.26 Å². The lowest BCUT2D eigenvalue weighted by Gasteiger charge is -2.12. The highest BCUT2D eigenvalue weighted by molar-refractivity contribution is 5.94. The molecule has 0 fully saturated rings. The molecule has 0 atom stereocenters. The van der Waals surface area contributed by atoms with E-state index in [2.05, 4.69) is 11.4 Å². The number of hydrogen-bond acceptors (Lipinski definition) is 5. The van der Waals surface area contributed by atoms with Gasteiger partial charge in [-0.3, -0.25) is 11.6 Å². The lowest BCUT2D eigenvalue weighted by molar-refractivity contribution is -0.596. The number of pyridine rings is 1. The molecule has 0 unspecified atom stereocenters. The number of nitriles is 1. The van der Waals surface area contributed by atoms with E-state index in [1.807, 2.05) is 36.4 Å². The van der Waals surface area contributed by atoms with E-state index < -0.39 is 0 Å². The number of nitrogens with zero attached hydrogens (tertiary/aromatic N) is 2. The van der Waals surface area contributed by atoms with Crippen LogP contribution in [0.3, 0.4) is 0 Å². The molecule has 0 amide bonds. The van der Waals surface area contributed by atoms with E-state index in [9.17, 15) is 5.26 Å². The van der Waals surface area contributed by atoms with Crippen molar-refractivity contribution in [3.63, 3.8) is 0 Å². The van der Waals surface area contributed by atoms with Crippen molar-refractivity contribution in [1.29, 1.82) is 5.26 Å². The summed E-state index contributed by atoms with van der Waals surface area (Å²) in [5.74, 6) is 6.94. The van der Waals surface area contributed by atoms with Crippen LogP contribution in [0.25, 0.3) is 10.9 Å². The van der Waals surface area contributed by atoms with Crippen LogP contribution in [0.15, 0.2) is 47.1 Å². The van der Waals surface area contributed by atoms with Crippen molar-refractivity contribution in [2.45, 2.75) is 6.54 Å². The van der Waals surface area contributed by atoms with Gasteiger partial charge in [-0.15, -0.1) is 4.68 Å². The van der Waals surface area contributed by atoms with Gasteiger partial charge in [-0.25, -0.2) is 0 Å². The van der Waals surface area contributed by atoms with E-state index in [0.717, 1.165) is 16.7 Å². The molecule has 6 nitrogen and oxygen atoms in total. The third kappa shape index (κ3) is 2.11. The number of benzene rings is 1. The average Bonchev–Trinajstić information content (AvgIpc) is 3.03. The van der Waals surface area contributed by atoms with E-state index in [1.165, 1.54) is 4.68 Å². The Balaban J connectivity index is 2.15. The second-order valence-corrected chi connectivity index (χ2v) is 4.57. The topological polar surface area (TPSA) is 105 Å². The zero-order valence-electron chi connectivity index (χ0n) is 11.2. The van der Waals surface area contributed by atoms with Crippen LogP contribution in [-0.2, 0) is 6.54 Å². The van der Waals surface area contributed by atoms with Gasteiger partial charge in [0.2, 0.25) is 0 Å². The summed E-state index contributed by atoms with van der Waals surface area (Å²) in [6.45, 7) is 0.458. The molecule has 0 saturated heterocycles. The summed E-state index contributed by atoms with van der Waals surface area (Å²) in [6, 6.07) is 13.3. The first kappa shape index (κ1) is 12.8. The summed E-state index contributed by atoms with van der Waals surface area (Å²) in [6.07, 6.45) is 1.60. The largest absolute Gasteiger partial charge is 0.467 e. The lowest BCUT2D eigenvalue weighted by Crippen LogP contribution is -2.48. The molecule has 0 spiro atoms. The summed E-state index contributed by atoms with van der Waals surface area (Å²) < 4.78 is 6.61. The fourth-order valence-electron chi connectivity index (χ4n) is 2.29. The lowest BCUT2D eigenvalue weighted by atomic mass is 10.1. The van der Waals surface area contributed by atoms with Gasteiger partial charge in [0.15, 0.2) is 11.1 Å². The van der Waals surface area contributed by atoms with Crippen LogP contribution in [0.5, 0.6) is 0 Å². The van der Waals surface area contributed by atoms with Gasteiger partial charge in [0.1, 0.15) is 11.8 Å². The molecule has 21 heavy (non-hydrogen) atoms. The molecule has 1 aromatic carbocycles. The summed E-state index contributed by atoms with van der Waals surface area (Å²) in [4.78, 5) is 0. The van der Waals surface area contributed by atoms with Crippen LogP contribution >= 0.6 is 0 Å². The Kier molecular flexibility index (Phi) is 3.09. The van der Waals surface area contributed by atoms with Gasteiger partial charge in [0.25, 0.3) is 0 Å². The van der Waals surface area contributed by atoms with Crippen molar-refractivity contribution < 1.29 is 9.09 Å². The highest BCUT2D eigenvalue weighted by Gasteiger charge is 2.20. The van der Waals surface area contributed by atoms with E-state index >= 15 is 0 Å². The number of hydrogen-bond donors (Lipinski definition) is 3. The molecule has 104 valence electrons. The third-order valence-corrected chi connectivity index (χ3v) is 3.33. The number of fused-ring (bicyclic) bond motifs is 1. The SMILES string of the molecule is N#Cc1c(NCc2ccco2)c2ccccc2[n+](N)c1N. The Morgan fingerprint density at radius 2 is 2.05 bits per heavy atom. The number of anilines is 2. The standard InChI is InChI=1S/C15H13N5O/c16-8-12-14(19-9-10-4-3-7-21-10)11-5-1-2-6-13(11)20(18)15(12)17/h1-7H,9,18H2,(H2,17,19)/p+1. The molecule has 0 aliphatic heterocycles. The van der Waals surface area contributed by atoms with Crippen LogP contribution in [0, 0.1) is 11.3 Å². The number of nitrogens with two attached hydrogens (primary N) is 2. The van der Waals surface area contributed by atoms with Crippen molar-refractivity contribution in [3.8, 4) is 6.07 Å². The molecule has 3 rings (SSSR count). The Hall–Kier alpha value is -3.20. The van der Waals surface area contributed by atoms with Crippen molar-refractivity contribution in [2.24, 2.45) is 0 Å². The molecule has 0 aliphatic carbocycles. The van der Waals surface area contributed by atoms with Gasteiger partial charge < -0.3 is 9.73 Å². The first-order valence-electron chi connectivity index (χ1n) is 6.40. The van der Waals surface area contributed by atoms with Gasteiger partial charge in [0.05, 0.1) is 18.5 Å². The molecule has 0 radical (unpaired) electrons. The molecule has 5 N–H and O–H groups in total. The van der Waals surface area contributed by atoms with Crippen molar-refractivity contribution in [1.82, 2.24) is 0 Å². The molecule has 0 bridgehead atoms. The minimum atomic E-state index is 0.221. The highest BCUT2D eigenvalue weighted by atomic mass is 16.3. The predicted octanol–water partition coefficient (Wildman–Crippen LogP) is 1.50. The van der Waals surface area contributed by atoms with Crippen LogP contribution in [0.4, 0.5) is 11.5 Å². The molecule has 3 aromatic rings. The maximum atomic E-state index is 9.38. The van der Waals surface area contributed by atoms with Gasteiger partial charge in [0, 0.05) is 5.39 Å². The maximum absolute atomic E-state index is 9.38. The summed E-state index contributed by atoms with van der Waals surface area (Å²) in [5, 5.41) is 13.4. The first-order valence-corrected chi connectivity index (χ1v) is 6.40. The monoisotopic (exact) mass is 280 g/mol. The first-order chi connectivity index (χ1) is 10.2. The normalized spacial score (nSPS) is 10.4. The molecule has 0 saturated carbocycles. The van der Waals surface area contributed by atoms with Gasteiger partial charge in [-0.2, -0.15) is 5.26 Å². The van der Waals surface area contributed by atoms with Crippen molar-refractivity contribution in [2.75, 3.05) is 16.9 Å². The van der Waals surface area contributed by atoms with Crippen LogP contribution in [0.2, 0.25) is 0 Å². The number of nitrogen functional groups attached to an aromatic ring is 2. The second-order valence-electron chi connectivity index (χ2n) is 4.57. The van der Waals surface area contributed by atoms with Gasteiger partial charge in [-0.1, -0.05) is 12.1 Å². The van der Waals surface area contributed by atoms with Crippen molar-refractivity contribution >= 4 is 22.4 Å². The van der Waals surface area contributed by atoms with Crippen LogP contribution < -0.4 is 21.6 Å². The Bertz CT molecular complexity index is 833. The fraction of sp³-hybridized carbons (Fsp3) is 0.0667. The predicted molar refractivity (Wildman–Crippen MR) is 79.5 cm³/mol. The van der Waals surface area contributed by atoms with Crippen molar-refractivity contribution in [3.05, 3.63) is 54.0 Å². The third-order valence-electron chi connectivity index (χ3n) is 3.33. The number of furan rings is 1. The smallest absolute Gasteiger partial charge is 0.316 e. The summed E-state index contributed by atoms with van der Waals surface area (Å²) >= 11 is 0. The molecule has 6 heteroatoms. The number of nitrogens with one attached hydrogen (secondary N) is 1. The maximum Gasteiger partial charge on any atom is 0.316 e. The number of para-hydroxylation sites is 1. The Labute approximate surface area is 121 Å². The van der Waals surface area contributed by atoms with Gasteiger partial charge in [-0.05, 0) is 24.3 Å². The van der Waals surface area contributed by atoms with Crippen LogP contribution in [-0.4, -0.2) is 0 Å². The fourth-order valence-corrected chi connectivity index (χ4v) is 2.29. The summed E-state index contributed by atoms with van der Waals surface area (Å²) in [5.41, 5.74) is 7.69. The molecule has 2 aromatic heterocycles. The molecule has 2 heterocycles. The van der Waals surface area contributed by atoms with E-state index in [4.69, 9.17) is 16.0 Å². The van der Waals surface area contributed by atoms with Crippen LogP contribution in [0.1, 0.15) is 11.3 Å². The number of aromatic nitrogens is 1. The van der Waals surface area contributed by atoms with Gasteiger partial charge >= 0.3 is 5.82 Å². The molecular weight excluding hydrogens is 266 g/mol. The molecule has 0 aliphatic rings. The second kappa shape index (κ2) is 5.06.